The average molecular weight is 1000 g/mol. The van der Waals surface area contributed by atoms with E-state index in [1.807, 2.05) is 84.9 Å². The molecule has 7 rings (SSSR count). The number of carbonyl (C=O) groups excluding carboxylic acids is 7. The van der Waals surface area contributed by atoms with Crippen molar-refractivity contribution in [1.29, 1.82) is 10.8 Å². The highest BCUT2D eigenvalue weighted by Crippen LogP contribution is 2.40. The standard InChI is InChI=1S/C33H36N4O5.C25H30N4O3/c1-21(36-32(40)28-16-15-26(19-28)25-8-5-9-27(18-25)31(35)39)29(38)17-12-22-10-13-24(14-11-22)30(34)37-33(41)42-20-23-6-3-2-4-7-23;1-15(22(30)12-7-16-5-8-17(9-6-16)23(26)27)29-25(32)21-11-10-19(14-21)18-3-2-4-20(13-18)24(28)31/h2-11,13-14,18,21,26,28H,12,15-17,19-20H2,1H3,(H2,35,39)(H,36,40)(H2,34,37,41);2-6,8-9,13,15,19,21H,7,10-12,14H2,1H3,(H3,26,27)(H2,28,31)(H,29,32)/t21-,26-,28+;15-,19-,21+/m00/s1. The number of hydrogen-bond donors (Lipinski definition) is 8. The summed E-state index contributed by atoms with van der Waals surface area (Å²) in [6.07, 6.45) is 5.45. The number of aryl methyl sites for hydroxylation is 2. The van der Waals surface area contributed by atoms with Gasteiger partial charge in [-0.2, -0.15) is 0 Å². The quantitative estimate of drug-likeness (QED) is 0.0287. The number of ether oxygens (including phenoxy) is 1. The minimum Gasteiger partial charge on any atom is -0.444 e. The number of nitrogens with one attached hydrogen (secondary N) is 5. The number of nitrogen functional groups attached to an aromatic ring is 1. The van der Waals surface area contributed by atoms with E-state index in [4.69, 9.17) is 32.8 Å². The van der Waals surface area contributed by atoms with Crippen molar-refractivity contribution >= 4 is 53.0 Å². The number of ketones is 2. The van der Waals surface area contributed by atoms with Crippen molar-refractivity contribution in [2.75, 3.05) is 0 Å². The molecule has 0 aliphatic heterocycles. The number of alkyl carbamates (subject to hydrolysis) is 1. The molecule has 0 radical (unpaired) electrons. The van der Waals surface area contributed by atoms with Gasteiger partial charge < -0.3 is 32.6 Å². The Morgan fingerprint density at radius 3 is 1.42 bits per heavy atom. The summed E-state index contributed by atoms with van der Waals surface area (Å²) in [5, 5.41) is 23.7. The molecular weight excluding hydrogens is 937 g/mol. The van der Waals surface area contributed by atoms with E-state index in [0.717, 1.165) is 53.5 Å². The molecule has 74 heavy (non-hydrogen) atoms. The van der Waals surface area contributed by atoms with Crippen molar-refractivity contribution in [2.24, 2.45) is 29.0 Å². The van der Waals surface area contributed by atoms with Crippen LogP contribution in [0.15, 0.2) is 127 Å². The van der Waals surface area contributed by atoms with Crippen molar-refractivity contribution in [3.63, 3.8) is 0 Å². The van der Waals surface area contributed by atoms with Gasteiger partial charge in [-0.25, -0.2) is 4.79 Å². The molecule has 386 valence electrons. The lowest BCUT2D eigenvalue weighted by Crippen LogP contribution is -2.41. The van der Waals surface area contributed by atoms with Gasteiger partial charge in [0.05, 0.1) is 12.1 Å². The van der Waals surface area contributed by atoms with E-state index in [1.165, 1.54) is 0 Å². The second-order valence-electron chi connectivity index (χ2n) is 19.2. The number of amides is 5. The number of amidine groups is 2. The molecule has 2 saturated carbocycles. The Balaban J connectivity index is 0.000000250. The highest BCUT2D eigenvalue weighted by atomic mass is 16.5. The number of hydrogen-bond acceptors (Lipinski definition) is 10. The molecule has 0 saturated heterocycles. The molecule has 0 aromatic heterocycles. The van der Waals surface area contributed by atoms with Crippen LogP contribution >= 0.6 is 0 Å². The van der Waals surface area contributed by atoms with Crippen LogP contribution in [0.5, 0.6) is 0 Å². The number of nitrogens with two attached hydrogens (primary N) is 3. The fraction of sp³-hybridized carbons (Fsp3) is 0.328. The van der Waals surface area contributed by atoms with Crippen LogP contribution in [-0.2, 0) is 43.4 Å². The van der Waals surface area contributed by atoms with Crippen LogP contribution < -0.4 is 33.2 Å². The number of primary amides is 2. The number of Topliss-reactive ketones (excluding diaryl/α,β-unsaturated/α-hetero) is 2. The molecule has 0 unspecified atom stereocenters. The second kappa shape index (κ2) is 26.4. The van der Waals surface area contributed by atoms with Gasteiger partial charge in [0.1, 0.15) is 18.3 Å². The molecule has 2 fully saturated rings. The molecule has 0 bridgehead atoms. The zero-order chi connectivity index (χ0) is 53.3. The van der Waals surface area contributed by atoms with E-state index in [2.05, 4.69) is 16.0 Å². The largest absolute Gasteiger partial charge is 0.444 e. The first-order valence-electron chi connectivity index (χ1n) is 25.0. The summed E-state index contributed by atoms with van der Waals surface area (Å²) in [6.45, 7) is 3.54. The molecule has 6 atom stereocenters. The highest BCUT2D eigenvalue weighted by molar-refractivity contribution is 6.04. The van der Waals surface area contributed by atoms with Crippen molar-refractivity contribution in [3.05, 3.63) is 177 Å². The predicted molar refractivity (Wildman–Crippen MR) is 282 cm³/mol. The maximum Gasteiger partial charge on any atom is 0.413 e. The third-order valence-electron chi connectivity index (χ3n) is 13.8. The monoisotopic (exact) mass is 1000 g/mol. The summed E-state index contributed by atoms with van der Waals surface area (Å²) in [6, 6.07) is 36.9. The summed E-state index contributed by atoms with van der Waals surface area (Å²) < 4.78 is 5.15. The van der Waals surface area contributed by atoms with Gasteiger partial charge >= 0.3 is 6.09 Å². The lowest BCUT2D eigenvalue weighted by molar-refractivity contribution is -0.129. The van der Waals surface area contributed by atoms with E-state index in [0.29, 0.717) is 54.4 Å². The lowest BCUT2D eigenvalue weighted by Gasteiger charge is -2.17. The summed E-state index contributed by atoms with van der Waals surface area (Å²) in [5.41, 5.74) is 23.1. The van der Waals surface area contributed by atoms with Crippen LogP contribution in [0.25, 0.3) is 0 Å². The summed E-state index contributed by atoms with van der Waals surface area (Å²) >= 11 is 0. The predicted octanol–water partition coefficient (Wildman–Crippen LogP) is 7.29. The highest BCUT2D eigenvalue weighted by Gasteiger charge is 2.33. The summed E-state index contributed by atoms with van der Waals surface area (Å²) in [5.74, 6) is -1.25. The zero-order valence-electron chi connectivity index (χ0n) is 41.9. The van der Waals surface area contributed by atoms with Crippen LogP contribution in [0.4, 0.5) is 4.79 Å². The summed E-state index contributed by atoms with van der Waals surface area (Å²) in [7, 11) is 0. The van der Waals surface area contributed by atoms with Crippen LogP contribution in [0.2, 0.25) is 0 Å². The fourth-order valence-corrected chi connectivity index (χ4v) is 9.35. The van der Waals surface area contributed by atoms with E-state index in [1.54, 1.807) is 56.3 Å². The Morgan fingerprint density at radius 1 is 0.541 bits per heavy atom. The molecular formula is C58H66N8O8. The number of benzene rings is 5. The fourth-order valence-electron chi connectivity index (χ4n) is 9.35. The molecule has 0 heterocycles. The Bertz CT molecular complexity index is 2830. The Morgan fingerprint density at radius 2 is 0.986 bits per heavy atom. The van der Waals surface area contributed by atoms with E-state index < -0.39 is 30.0 Å². The maximum absolute atomic E-state index is 12.9. The van der Waals surface area contributed by atoms with Crippen LogP contribution in [0, 0.1) is 22.7 Å². The van der Waals surface area contributed by atoms with E-state index >= 15 is 0 Å². The molecule has 5 aromatic carbocycles. The van der Waals surface area contributed by atoms with Crippen molar-refractivity contribution in [3.8, 4) is 0 Å². The normalized spacial score (nSPS) is 17.5. The van der Waals surface area contributed by atoms with Crippen LogP contribution in [-0.4, -0.2) is 65.0 Å². The first kappa shape index (κ1) is 55.1. The molecule has 2 aliphatic carbocycles. The molecule has 16 nitrogen and oxygen atoms in total. The minimum absolute atomic E-state index is 0.0127. The molecule has 16 heteroatoms. The van der Waals surface area contributed by atoms with Gasteiger partial charge in [0.2, 0.25) is 23.6 Å². The van der Waals surface area contributed by atoms with Gasteiger partial charge in [0.15, 0.2) is 11.6 Å². The smallest absolute Gasteiger partial charge is 0.413 e. The van der Waals surface area contributed by atoms with Gasteiger partial charge in [-0.1, -0.05) is 103 Å². The number of carbonyl (C=O) groups is 7. The Labute approximate surface area is 431 Å². The van der Waals surface area contributed by atoms with Gasteiger partial charge in [-0.3, -0.25) is 44.9 Å². The van der Waals surface area contributed by atoms with Crippen molar-refractivity contribution in [1.82, 2.24) is 16.0 Å². The van der Waals surface area contributed by atoms with E-state index in [9.17, 15) is 33.6 Å². The minimum atomic E-state index is -0.708. The van der Waals surface area contributed by atoms with Crippen LogP contribution in [0.1, 0.15) is 137 Å². The van der Waals surface area contributed by atoms with Gasteiger partial charge in [0.25, 0.3) is 0 Å². The molecule has 11 N–H and O–H groups in total. The molecule has 5 aromatic rings. The van der Waals surface area contributed by atoms with E-state index in [-0.39, 0.29) is 71.8 Å². The zero-order valence-corrected chi connectivity index (χ0v) is 41.9. The number of rotatable bonds is 20. The van der Waals surface area contributed by atoms with Gasteiger partial charge in [-0.05, 0) is 129 Å². The van der Waals surface area contributed by atoms with Gasteiger partial charge in [-0.15, -0.1) is 0 Å². The average Bonchev–Trinajstić information content (AvgIpc) is 4.12. The van der Waals surface area contributed by atoms with Crippen molar-refractivity contribution in [2.45, 2.75) is 109 Å². The topological polar surface area (TPSA) is 291 Å². The first-order valence-corrected chi connectivity index (χ1v) is 25.0. The SMILES string of the molecule is C[C@H](NC(=O)[C@@H]1CC[C@H](c2cccc(C(N)=O)c2)C1)C(=O)CCc1ccc(C(=N)N)cc1.C[C@H](NC(=O)[C@@H]1CC[C@H](c2cccc(C(N)=O)c2)C1)C(=O)CCc1ccc(C(=N)NC(=O)OCc2ccccc2)cc1. The molecule has 2 aliphatic rings. The summed E-state index contributed by atoms with van der Waals surface area (Å²) in [4.78, 5) is 85.8. The lowest BCUT2D eigenvalue weighted by atomic mass is 9.94. The van der Waals surface area contributed by atoms with Crippen molar-refractivity contribution < 1.29 is 38.3 Å². The molecule has 5 amide bonds. The maximum atomic E-state index is 12.9. The Hall–Kier alpha value is -8.27. The second-order valence-corrected chi connectivity index (χ2v) is 19.2. The third-order valence-corrected chi connectivity index (χ3v) is 13.8. The van der Waals surface area contributed by atoms with Crippen LogP contribution in [0.3, 0.4) is 0 Å². The first-order chi connectivity index (χ1) is 35.4. The Kier molecular flexibility index (Phi) is 19.7. The molecule has 0 spiro atoms. The third kappa shape index (κ3) is 16.1. The van der Waals surface area contributed by atoms with Gasteiger partial charge in [0, 0.05) is 46.9 Å².